The molecule has 0 aliphatic heterocycles. The standard InChI is InChI=1S/C15H28O3/c1-10-7-8-11(15(5,6)17)12(9-10)18-13(16)14(2,3)4/h10-12,17H,7-9H2,1-6H3/t10-,11-,12+/m1/s1. The molecule has 0 spiro atoms. The Morgan fingerprint density at radius 3 is 2.17 bits per heavy atom. The summed E-state index contributed by atoms with van der Waals surface area (Å²) >= 11 is 0. The number of rotatable bonds is 2. The quantitative estimate of drug-likeness (QED) is 0.772. The van der Waals surface area contributed by atoms with E-state index < -0.39 is 11.0 Å². The van der Waals surface area contributed by atoms with Crippen LogP contribution in [0.2, 0.25) is 0 Å². The molecule has 0 radical (unpaired) electrons. The normalized spacial score (nSPS) is 30.1. The first-order valence-corrected chi connectivity index (χ1v) is 6.95. The first-order chi connectivity index (χ1) is 8.01. The lowest BCUT2D eigenvalue weighted by Gasteiger charge is -2.41. The summed E-state index contributed by atoms with van der Waals surface area (Å²) in [4.78, 5) is 12.0. The Labute approximate surface area is 111 Å². The monoisotopic (exact) mass is 256 g/mol. The largest absolute Gasteiger partial charge is 0.462 e. The van der Waals surface area contributed by atoms with Crippen molar-refractivity contribution in [2.75, 3.05) is 0 Å². The fourth-order valence-corrected chi connectivity index (χ4v) is 2.58. The van der Waals surface area contributed by atoms with Gasteiger partial charge in [-0.2, -0.15) is 0 Å². The van der Waals surface area contributed by atoms with E-state index in [9.17, 15) is 9.90 Å². The maximum absolute atomic E-state index is 12.0. The van der Waals surface area contributed by atoms with Gasteiger partial charge in [-0.1, -0.05) is 13.3 Å². The number of esters is 1. The maximum atomic E-state index is 12.0. The second-order valence-electron chi connectivity index (χ2n) is 7.37. The molecular weight excluding hydrogens is 228 g/mol. The van der Waals surface area contributed by atoms with Crippen molar-refractivity contribution < 1.29 is 14.6 Å². The fourth-order valence-electron chi connectivity index (χ4n) is 2.58. The average Bonchev–Trinajstić information content (AvgIpc) is 2.13. The summed E-state index contributed by atoms with van der Waals surface area (Å²) in [6, 6.07) is 0. The van der Waals surface area contributed by atoms with E-state index in [1.54, 1.807) is 0 Å². The SMILES string of the molecule is C[C@@H]1CC[C@@H](C(C)(C)O)[C@@H](OC(=O)C(C)(C)C)C1. The van der Waals surface area contributed by atoms with Crippen molar-refractivity contribution >= 4 is 5.97 Å². The Kier molecular flexibility index (Phi) is 4.47. The molecule has 1 saturated carbocycles. The van der Waals surface area contributed by atoms with Crippen molar-refractivity contribution in [2.45, 2.75) is 72.5 Å². The lowest BCUT2D eigenvalue weighted by atomic mass is 9.73. The first kappa shape index (κ1) is 15.5. The molecule has 0 aromatic rings. The Balaban J connectivity index is 2.78. The van der Waals surface area contributed by atoms with Gasteiger partial charge in [0.2, 0.25) is 0 Å². The zero-order chi connectivity index (χ0) is 14.1. The third-order valence-corrected chi connectivity index (χ3v) is 3.83. The van der Waals surface area contributed by atoms with Crippen molar-refractivity contribution in [3.8, 4) is 0 Å². The summed E-state index contributed by atoms with van der Waals surface area (Å²) in [5, 5.41) is 10.2. The predicted molar refractivity (Wildman–Crippen MR) is 72.1 cm³/mol. The summed E-state index contributed by atoms with van der Waals surface area (Å²) < 4.78 is 5.67. The van der Waals surface area contributed by atoms with Crippen LogP contribution in [0.5, 0.6) is 0 Å². The first-order valence-electron chi connectivity index (χ1n) is 6.95. The van der Waals surface area contributed by atoms with Crippen molar-refractivity contribution in [3.63, 3.8) is 0 Å². The number of carbonyl (C=O) groups is 1. The molecule has 0 amide bonds. The Bertz CT molecular complexity index is 296. The highest BCUT2D eigenvalue weighted by Crippen LogP contribution is 2.38. The van der Waals surface area contributed by atoms with Gasteiger partial charge in [-0.25, -0.2) is 0 Å². The molecule has 0 unspecified atom stereocenters. The zero-order valence-corrected chi connectivity index (χ0v) is 12.6. The van der Waals surface area contributed by atoms with Gasteiger partial charge in [0.1, 0.15) is 6.10 Å². The highest BCUT2D eigenvalue weighted by atomic mass is 16.5. The minimum Gasteiger partial charge on any atom is -0.462 e. The molecule has 1 aliphatic carbocycles. The van der Waals surface area contributed by atoms with Crippen molar-refractivity contribution in [1.29, 1.82) is 0 Å². The van der Waals surface area contributed by atoms with E-state index >= 15 is 0 Å². The summed E-state index contributed by atoms with van der Waals surface area (Å²) in [6.07, 6.45) is 2.72. The van der Waals surface area contributed by atoms with E-state index in [2.05, 4.69) is 6.92 Å². The van der Waals surface area contributed by atoms with Gasteiger partial charge in [-0.3, -0.25) is 4.79 Å². The Morgan fingerprint density at radius 1 is 1.17 bits per heavy atom. The van der Waals surface area contributed by atoms with E-state index in [1.165, 1.54) is 0 Å². The predicted octanol–water partition coefficient (Wildman–Crippen LogP) is 3.15. The molecule has 0 heterocycles. The summed E-state index contributed by atoms with van der Waals surface area (Å²) in [7, 11) is 0. The molecule has 3 nitrogen and oxygen atoms in total. The average molecular weight is 256 g/mol. The fraction of sp³-hybridized carbons (Fsp3) is 0.933. The van der Waals surface area contributed by atoms with Crippen molar-refractivity contribution in [1.82, 2.24) is 0 Å². The molecule has 3 atom stereocenters. The van der Waals surface area contributed by atoms with Crippen LogP contribution in [0.15, 0.2) is 0 Å². The van der Waals surface area contributed by atoms with E-state index in [0.29, 0.717) is 5.92 Å². The van der Waals surface area contributed by atoms with Gasteiger partial charge in [-0.05, 0) is 53.4 Å². The van der Waals surface area contributed by atoms with Gasteiger partial charge in [0, 0.05) is 5.92 Å². The van der Waals surface area contributed by atoms with Crippen LogP contribution < -0.4 is 0 Å². The molecule has 0 bridgehead atoms. The van der Waals surface area contributed by atoms with Gasteiger partial charge in [0.25, 0.3) is 0 Å². The molecule has 1 N–H and O–H groups in total. The van der Waals surface area contributed by atoms with Gasteiger partial charge in [-0.15, -0.1) is 0 Å². The smallest absolute Gasteiger partial charge is 0.311 e. The lowest BCUT2D eigenvalue weighted by Crippen LogP contribution is -2.46. The molecular formula is C15H28O3. The van der Waals surface area contributed by atoms with Crippen LogP contribution >= 0.6 is 0 Å². The Hall–Kier alpha value is -0.570. The molecule has 0 saturated heterocycles. The molecule has 1 aliphatic rings. The minimum atomic E-state index is -0.789. The topological polar surface area (TPSA) is 46.5 Å². The van der Waals surface area contributed by atoms with Gasteiger partial charge < -0.3 is 9.84 Å². The molecule has 0 aromatic heterocycles. The second-order valence-corrected chi connectivity index (χ2v) is 7.37. The van der Waals surface area contributed by atoms with Crippen molar-refractivity contribution in [2.24, 2.45) is 17.3 Å². The number of hydrogen-bond donors (Lipinski definition) is 1. The van der Waals surface area contributed by atoms with E-state index in [-0.39, 0.29) is 18.0 Å². The third kappa shape index (κ3) is 3.98. The molecule has 0 aromatic carbocycles. The molecule has 18 heavy (non-hydrogen) atoms. The van der Waals surface area contributed by atoms with Crippen LogP contribution in [0, 0.1) is 17.3 Å². The van der Waals surface area contributed by atoms with E-state index in [0.717, 1.165) is 19.3 Å². The highest BCUT2D eigenvalue weighted by molar-refractivity contribution is 5.75. The van der Waals surface area contributed by atoms with Crippen molar-refractivity contribution in [3.05, 3.63) is 0 Å². The number of ether oxygens (including phenoxy) is 1. The minimum absolute atomic E-state index is 0.0417. The summed E-state index contributed by atoms with van der Waals surface area (Å²) in [6.45, 7) is 11.4. The lowest BCUT2D eigenvalue weighted by molar-refractivity contribution is -0.171. The van der Waals surface area contributed by atoms with Crippen LogP contribution in [-0.4, -0.2) is 22.8 Å². The molecule has 1 rings (SSSR count). The third-order valence-electron chi connectivity index (χ3n) is 3.83. The molecule has 106 valence electrons. The Morgan fingerprint density at radius 2 is 1.72 bits per heavy atom. The second kappa shape index (κ2) is 5.20. The zero-order valence-electron chi connectivity index (χ0n) is 12.6. The number of hydrogen-bond acceptors (Lipinski definition) is 3. The molecule has 3 heteroatoms. The summed E-state index contributed by atoms with van der Waals surface area (Å²) in [5.41, 5.74) is -1.27. The molecule has 1 fully saturated rings. The van der Waals surface area contributed by atoms with Gasteiger partial charge in [0.15, 0.2) is 0 Å². The number of aliphatic hydroxyl groups is 1. The van der Waals surface area contributed by atoms with Crippen LogP contribution in [0.4, 0.5) is 0 Å². The summed E-state index contributed by atoms with van der Waals surface area (Å²) in [5.74, 6) is 0.428. The van der Waals surface area contributed by atoms with Crippen LogP contribution in [0.3, 0.4) is 0 Å². The maximum Gasteiger partial charge on any atom is 0.311 e. The van der Waals surface area contributed by atoms with Crippen LogP contribution in [0.1, 0.15) is 60.8 Å². The van der Waals surface area contributed by atoms with E-state index in [4.69, 9.17) is 4.74 Å². The van der Waals surface area contributed by atoms with Crippen LogP contribution in [0.25, 0.3) is 0 Å². The number of carbonyl (C=O) groups excluding carboxylic acids is 1. The van der Waals surface area contributed by atoms with Crippen LogP contribution in [-0.2, 0) is 9.53 Å². The van der Waals surface area contributed by atoms with E-state index in [1.807, 2.05) is 34.6 Å². The highest BCUT2D eigenvalue weighted by Gasteiger charge is 2.41. The van der Waals surface area contributed by atoms with Gasteiger partial charge in [0.05, 0.1) is 11.0 Å². The van der Waals surface area contributed by atoms with Gasteiger partial charge >= 0.3 is 5.97 Å².